The maximum absolute atomic E-state index is 15.3. The molecule has 3 aromatic heterocycles. The lowest BCUT2D eigenvalue weighted by Gasteiger charge is -2.37. The predicted molar refractivity (Wildman–Crippen MR) is 173 cm³/mol. The van der Waals surface area contributed by atoms with Gasteiger partial charge in [0.2, 0.25) is 5.95 Å². The van der Waals surface area contributed by atoms with Crippen LogP contribution >= 0.6 is 0 Å². The molecule has 0 spiro atoms. The molecule has 2 aliphatic heterocycles. The molecule has 45 heavy (non-hydrogen) atoms. The molecular formula is C34H40FN7O3. The normalized spacial score (nSPS) is 19.3. The number of pyridine rings is 2. The number of rotatable bonds is 8. The molecule has 236 valence electrons. The number of ether oxygens (including phenoxy) is 1. The van der Waals surface area contributed by atoms with Crippen molar-refractivity contribution in [2.45, 2.75) is 65.1 Å². The lowest BCUT2D eigenvalue weighted by atomic mass is 9.89. The summed E-state index contributed by atoms with van der Waals surface area (Å²) in [6.45, 7) is 10.7. The highest BCUT2D eigenvalue weighted by Gasteiger charge is 2.25. The number of anilines is 3. The van der Waals surface area contributed by atoms with Crippen LogP contribution in [-0.4, -0.2) is 63.7 Å². The molecule has 0 bridgehead atoms. The monoisotopic (exact) mass is 613 g/mol. The second-order valence-corrected chi connectivity index (χ2v) is 12.6. The fourth-order valence-electron chi connectivity index (χ4n) is 6.47. The van der Waals surface area contributed by atoms with Crippen molar-refractivity contribution in [1.82, 2.24) is 24.8 Å². The molecule has 6 rings (SSSR count). The quantitative estimate of drug-likeness (QED) is 0.264. The zero-order valence-corrected chi connectivity index (χ0v) is 26.2. The van der Waals surface area contributed by atoms with Gasteiger partial charge in [-0.1, -0.05) is 13.8 Å². The largest absolute Gasteiger partial charge is 0.381 e. The van der Waals surface area contributed by atoms with Crippen molar-refractivity contribution in [3.05, 3.63) is 81.8 Å². The van der Waals surface area contributed by atoms with Crippen molar-refractivity contribution in [3.63, 3.8) is 0 Å². The van der Waals surface area contributed by atoms with Crippen LogP contribution in [0, 0.1) is 11.7 Å². The number of ketones is 1. The zero-order chi connectivity index (χ0) is 31.7. The van der Waals surface area contributed by atoms with Gasteiger partial charge in [-0.25, -0.2) is 9.37 Å². The first-order chi connectivity index (χ1) is 21.7. The first-order valence-corrected chi connectivity index (χ1v) is 15.7. The van der Waals surface area contributed by atoms with Crippen molar-refractivity contribution >= 4 is 34.1 Å². The summed E-state index contributed by atoms with van der Waals surface area (Å²) in [6.07, 6.45) is 6.93. The van der Waals surface area contributed by atoms with Gasteiger partial charge in [0.15, 0.2) is 5.78 Å². The van der Waals surface area contributed by atoms with Gasteiger partial charge < -0.3 is 20.3 Å². The Labute approximate surface area is 262 Å². The molecule has 2 N–H and O–H groups in total. The van der Waals surface area contributed by atoms with Gasteiger partial charge in [-0.05, 0) is 74.1 Å². The van der Waals surface area contributed by atoms with E-state index in [1.807, 2.05) is 12.3 Å². The molecule has 2 atom stereocenters. The van der Waals surface area contributed by atoms with Gasteiger partial charge in [0, 0.05) is 74.0 Å². The molecule has 4 aromatic rings. The Bertz CT molecular complexity index is 1760. The van der Waals surface area contributed by atoms with Crippen molar-refractivity contribution in [3.8, 4) is 0 Å². The summed E-state index contributed by atoms with van der Waals surface area (Å²) in [6, 6.07) is 9.02. The lowest BCUT2D eigenvalue weighted by Crippen LogP contribution is -2.54. The molecule has 2 fully saturated rings. The summed E-state index contributed by atoms with van der Waals surface area (Å²) >= 11 is 0. The number of nitrogens with one attached hydrogen (secondary N) is 2. The number of halogens is 1. The number of carbonyl (C=O) groups excluding carboxylic acids is 1. The van der Waals surface area contributed by atoms with Gasteiger partial charge in [0.1, 0.15) is 11.5 Å². The average molecular weight is 614 g/mol. The van der Waals surface area contributed by atoms with E-state index in [1.54, 1.807) is 49.0 Å². The standard InChI is InChI=1S/C34H40FN7O3/c1-20(2)31(43)27-13-25-15-37-34(39-26-5-6-30(29(35)14-26)41-17-21(3)38-22(4)18-41)40-32(25)42(33(27)44)19-24-7-10-36-16-28(24)23-8-11-45-12-9-23/h5-7,10,13-16,20-23,38H,8-9,11-12,17-19H2,1-4H3,(H,37,39,40)/t21-,22+. The third-order valence-corrected chi connectivity index (χ3v) is 8.65. The second-order valence-electron chi connectivity index (χ2n) is 12.6. The molecule has 2 saturated heterocycles. The number of benzene rings is 1. The maximum atomic E-state index is 15.3. The van der Waals surface area contributed by atoms with E-state index in [-0.39, 0.29) is 53.6 Å². The highest BCUT2D eigenvalue weighted by atomic mass is 19.1. The molecule has 0 radical (unpaired) electrons. The molecule has 11 heteroatoms. The summed E-state index contributed by atoms with van der Waals surface area (Å²) in [5.41, 5.74) is 3.13. The van der Waals surface area contributed by atoms with Crippen LogP contribution in [0.25, 0.3) is 11.0 Å². The number of piperazine rings is 1. The Morgan fingerprint density at radius 3 is 2.58 bits per heavy atom. The van der Waals surface area contributed by atoms with Crippen LogP contribution < -0.4 is 21.1 Å². The van der Waals surface area contributed by atoms with E-state index in [1.165, 1.54) is 6.07 Å². The van der Waals surface area contributed by atoms with Gasteiger partial charge in [-0.2, -0.15) is 4.98 Å². The van der Waals surface area contributed by atoms with Crippen LogP contribution in [0.3, 0.4) is 0 Å². The molecular weight excluding hydrogens is 573 g/mol. The smallest absolute Gasteiger partial charge is 0.263 e. The maximum Gasteiger partial charge on any atom is 0.263 e. The molecule has 10 nitrogen and oxygen atoms in total. The second kappa shape index (κ2) is 13.0. The van der Waals surface area contributed by atoms with E-state index < -0.39 is 5.56 Å². The first-order valence-electron chi connectivity index (χ1n) is 15.7. The number of hydrogen-bond acceptors (Lipinski definition) is 9. The summed E-state index contributed by atoms with van der Waals surface area (Å²) < 4.78 is 22.5. The fraction of sp³-hybridized carbons (Fsp3) is 0.441. The number of aromatic nitrogens is 4. The topological polar surface area (TPSA) is 114 Å². The number of hydrogen-bond donors (Lipinski definition) is 2. The van der Waals surface area contributed by atoms with Gasteiger partial charge >= 0.3 is 0 Å². The molecule has 5 heterocycles. The van der Waals surface area contributed by atoms with Crippen molar-refractivity contribution in [2.24, 2.45) is 5.92 Å². The van der Waals surface area contributed by atoms with E-state index in [4.69, 9.17) is 9.72 Å². The molecule has 1 aromatic carbocycles. The number of Topliss-reactive ketones (excluding diaryl/α,β-unsaturated/α-hetero) is 1. The van der Waals surface area contributed by atoms with Gasteiger partial charge in [-0.3, -0.25) is 19.1 Å². The Morgan fingerprint density at radius 1 is 1.11 bits per heavy atom. The third-order valence-electron chi connectivity index (χ3n) is 8.65. The van der Waals surface area contributed by atoms with Crippen LogP contribution in [0.1, 0.15) is 67.9 Å². The summed E-state index contributed by atoms with van der Waals surface area (Å²) in [5.74, 6) is -0.443. The highest BCUT2D eigenvalue weighted by molar-refractivity contribution is 5.99. The Hall–Kier alpha value is -4.22. The average Bonchev–Trinajstić information content (AvgIpc) is 3.02. The van der Waals surface area contributed by atoms with E-state index in [0.29, 0.717) is 48.7 Å². The number of nitrogens with zero attached hydrogens (tertiary/aromatic N) is 5. The van der Waals surface area contributed by atoms with E-state index >= 15 is 4.39 Å². The SMILES string of the molecule is CC(C)C(=O)c1cc2cnc(Nc3ccc(N4C[C@@H](C)N[C@@H](C)C4)c(F)c3)nc2n(Cc2ccncc2C2CCOCC2)c1=O. The van der Waals surface area contributed by atoms with Gasteiger partial charge in [-0.15, -0.1) is 0 Å². The van der Waals surface area contributed by atoms with Gasteiger partial charge in [0.05, 0.1) is 17.8 Å². The van der Waals surface area contributed by atoms with E-state index in [0.717, 1.165) is 24.0 Å². The van der Waals surface area contributed by atoms with Crippen LogP contribution in [-0.2, 0) is 11.3 Å². The number of carbonyl (C=O) groups is 1. The van der Waals surface area contributed by atoms with Crippen LogP contribution in [0.4, 0.5) is 21.7 Å². The molecule has 0 unspecified atom stereocenters. The molecule has 0 aliphatic carbocycles. The first kappa shape index (κ1) is 30.8. The summed E-state index contributed by atoms with van der Waals surface area (Å²) in [7, 11) is 0. The van der Waals surface area contributed by atoms with Crippen molar-refractivity contribution < 1.29 is 13.9 Å². The summed E-state index contributed by atoms with van der Waals surface area (Å²) in [5, 5.41) is 7.15. The van der Waals surface area contributed by atoms with Gasteiger partial charge in [0.25, 0.3) is 5.56 Å². The predicted octanol–water partition coefficient (Wildman–Crippen LogP) is 5.04. The van der Waals surface area contributed by atoms with E-state index in [2.05, 4.69) is 39.3 Å². The van der Waals surface area contributed by atoms with Crippen LogP contribution in [0.15, 0.2) is 53.7 Å². The highest BCUT2D eigenvalue weighted by Crippen LogP contribution is 2.30. The van der Waals surface area contributed by atoms with Crippen molar-refractivity contribution in [1.29, 1.82) is 0 Å². The third kappa shape index (κ3) is 6.60. The minimum absolute atomic E-state index is 0.109. The van der Waals surface area contributed by atoms with Crippen LogP contribution in [0.2, 0.25) is 0 Å². The summed E-state index contributed by atoms with van der Waals surface area (Å²) in [4.78, 5) is 42.7. The van der Waals surface area contributed by atoms with Crippen LogP contribution in [0.5, 0.6) is 0 Å². The minimum atomic E-state index is -0.407. The van der Waals surface area contributed by atoms with Crippen molar-refractivity contribution in [2.75, 3.05) is 36.5 Å². The molecule has 0 saturated carbocycles. The molecule has 0 amide bonds. The number of fused-ring (bicyclic) bond motifs is 1. The Morgan fingerprint density at radius 2 is 1.87 bits per heavy atom. The fourth-order valence-corrected chi connectivity index (χ4v) is 6.47. The Balaban J connectivity index is 1.36. The Kier molecular flexibility index (Phi) is 8.91. The molecule has 2 aliphatic rings. The zero-order valence-electron chi connectivity index (χ0n) is 26.2. The lowest BCUT2D eigenvalue weighted by molar-refractivity contribution is 0.0850. The minimum Gasteiger partial charge on any atom is -0.381 e. The van der Waals surface area contributed by atoms with E-state index in [9.17, 15) is 9.59 Å².